The molecule has 17 heavy (non-hydrogen) atoms. The smallest absolute Gasteiger partial charge is 0.224 e. The second-order valence-electron chi connectivity index (χ2n) is 5.48. The molecule has 0 saturated heterocycles. The van der Waals surface area contributed by atoms with Gasteiger partial charge in [-0.25, -0.2) is 0 Å². The van der Waals surface area contributed by atoms with Gasteiger partial charge in [-0.05, 0) is 36.3 Å². The van der Waals surface area contributed by atoms with Crippen LogP contribution in [0.4, 0.5) is 0 Å². The van der Waals surface area contributed by atoms with Crippen molar-refractivity contribution in [2.45, 2.75) is 18.8 Å². The van der Waals surface area contributed by atoms with Crippen molar-refractivity contribution in [1.29, 1.82) is 0 Å². The summed E-state index contributed by atoms with van der Waals surface area (Å²) in [6, 6.07) is 10.4. The van der Waals surface area contributed by atoms with Crippen molar-refractivity contribution in [2.24, 2.45) is 17.1 Å². The predicted octanol–water partition coefficient (Wildman–Crippen LogP) is 2.15. The van der Waals surface area contributed by atoms with Crippen LogP contribution in [0, 0.1) is 11.3 Å². The van der Waals surface area contributed by atoms with Crippen molar-refractivity contribution in [1.82, 2.24) is 4.98 Å². The van der Waals surface area contributed by atoms with Crippen molar-refractivity contribution >= 4 is 16.8 Å². The quantitative estimate of drug-likeness (QED) is 0.809. The maximum absolute atomic E-state index is 11.5. The number of hydrogen-bond acceptors (Lipinski definition) is 1. The van der Waals surface area contributed by atoms with Gasteiger partial charge in [-0.15, -0.1) is 0 Å². The number of para-hydroxylation sites is 1. The lowest BCUT2D eigenvalue weighted by Gasteiger charge is -2.66. The third kappa shape index (κ3) is 0.954. The van der Waals surface area contributed by atoms with Crippen molar-refractivity contribution < 1.29 is 4.79 Å². The van der Waals surface area contributed by atoms with E-state index in [-0.39, 0.29) is 11.3 Å². The Morgan fingerprint density at radius 2 is 2.12 bits per heavy atom. The first-order valence-electron chi connectivity index (χ1n) is 6.08. The first kappa shape index (κ1) is 9.28. The lowest BCUT2D eigenvalue weighted by Crippen LogP contribution is -2.65. The summed E-state index contributed by atoms with van der Waals surface area (Å²) in [6.45, 7) is 0. The number of carbonyl (C=O) groups is 1. The molecule has 0 spiro atoms. The maximum atomic E-state index is 11.5. The molecule has 5 rings (SSSR count). The monoisotopic (exact) mass is 226 g/mol. The van der Waals surface area contributed by atoms with Gasteiger partial charge < -0.3 is 10.7 Å². The van der Waals surface area contributed by atoms with Gasteiger partial charge in [0.05, 0.1) is 5.41 Å². The highest BCUT2D eigenvalue weighted by Crippen LogP contribution is 2.72. The number of rotatable bonds is 2. The molecule has 3 saturated carbocycles. The van der Waals surface area contributed by atoms with E-state index in [1.165, 1.54) is 11.1 Å². The average Bonchev–Trinajstić information content (AvgIpc) is 2.54. The summed E-state index contributed by atoms with van der Waals surface area (Å²) in [5, 5.41) is 1.22. The summed E-state index contributed by atoms with van der Waals surface area (Å²) in [6.07, 6.45) is 1.98. The summed E-state index contributed by atoms with van der Waals surface area (Å²) in [4.78, 5) is 15.0. The third-order valence-corrected chi connectivity index (χ3v) is 4.70. The van der Waals surface area contributed by atoms with Crippen LogP contribution < -0.4 is 5.73 Å². The van der Waals surface area contributed by atoms with Gasteiger partial charge in [0, 0.05) is 17.1 Å². The van der Waals surface area contributed by atoms with Crippen molar-refractivity contribution in [3.63, 3.8) is 0 Å². The van der Waals surface area contributed by atoms with Crippen molar-refractivity contribution in [3.05, 3.63) is 36.0 Å². The number of aromatic amines is 1. The highest BCUT2D eigenvalue weighted by Gasteiger charge is 2.69. The zero-order chi connectivity index (χ0) is 11.6. The predicted molar refractivity (Wildman–Crippen MR) is 65.4 cm³/mol. The number of carbonyl (C=O) groups excluding carboxylic acids is 1. The topological polar surface area (TPSA) is 58.9 Å². The summed E-state index contributed by atoms with van der Waals surface area (Å²) in [5.74, 6) is 0.881. The Balaban J connectivity index is 1.79. The number of nitrogens with two attached hydrogens (primary N) is 1. The van der Waals surface area contributed by atoms with E-state index in [1.54, 1.807) is 0 Å². The molecule has 0 radical (unpaired) electrons. The van der Waals surface area contributed by atoms with Gasteiger partial charge in [0.15, 0.2) is 0 Å². The highest BCUT2D eigenvalue weighted by molar-refractivity contribution is 5.87. The van der Waals surface area contributed by atoms with Crippen molar-refractivity contribution in [2.75, 3.05) is 0 Å². The molecule has 3 aliphatic carbocycles. The fourth-order valence-electron chi connectivity index (χ4n) is 3.67. The van der Waals surface area contributed by atoms with E-state index in [4.69, 9.17) is 5.73 Å². The van der Waals surface area contributed by atoms with E-state index >= 15 is 0 Å². The molecule has 3 heteroatoms. The zero-order valence-corrected chi connectivity index (χ0v) is 9.44. The number of hydrogen-bond donors (Lipinski definition) is 2. The van der Waals surface area contributed by atoms with E-state index in [9.17, 15) is 4.79 Å². The van der Waals surface area contributed by atoms with Crippen LogP contribution in [0.2, 0.25) is 0 Å². The van der Waals surface area contributed by atoms with E-state index in [0.29, 0.717) is 11.8 Å². The van der Waals surface area contributed by atoms with E-state index in [0.717, 1.165) is 18.4 Å². The number of aromatic nitrogens is 1. The molecule has 1 heterocycles. The van der Waals surface area contributed by atoms with Crippen LogP contribution in [0.1, 0.15) is 24.5 Å². The maximum Gasteiger partial charge on any atom is 0.224 e. The molecule has 3 nitrogen and oxygen atoms in total. The largest absolute Gasteiger partial charge is 0.369 e. The molecular formula is C14H14N2O. The van der Waals surface area contributed by atoms with Crippen molar-refractivity contribution in [3.8, 4) is 0 Å². The van der Waals surface area contributed by atoms with E-state index in [1.807, 2.05) is 12.1 Å². The second-order valence-corrected chi connectivity index (χ2v) is 5.48. The van der Waals surface area contributed by atoms with E-state index in [2.05, 4.69) is 23.2 Å². The Labute approximate surface area is 99.0 Å². The van der Waals surface area contributed by atoms with Gasteiger partial charge >= 0.3 is 0 Å². The normalized spacial score (nSPS) is 34.1. The number of amides is 1. The first-order valence-corrected chi connectivity index (χ1v) is 6.08. The fourth-order valence-corrected chi connectivity index (χ4v) is 3.67. The van der Waals surface area contributed by atoms with Gasteiger partial charge in [0.1, 0.15) is 0 Å². The first-order chi connectivity index (χ1) is 8.21. The van der Waals surface area contributed by atoms with Gasteiger partial charge in [0.2, 0.25) is 5.91 Å². The molecule has 1 aromatic carbocycles. The van der Waals surface area contributed by atoms with Crippen LogP contribution in [-0.4, -0.2) is 10.9 Å². The summed E-state index contributed by atoms with van der Waals surface area (Å²) in [5.41, 5.74) is 7.64. The molecule has 1 amide bonds. The third-order valence-electron chi connectivity index (χ3n) is 4.70. The molecular weight excluding hydrogens is 212 g/mol. The number of fused-ring (bicyclic) bond motifs is 1. The van der Waals surface area contributed by atoms with Gasteiger partial charge in [-0.1, -0.05) is 18.2 Å². The molecule has 0 aliphatic heterocycles. The molecule has 1 atom stereocenters. The van der Waals surface area contributed by atoms with Gasteiger partial charge in [-0.3, -0.25) is 4.79 Å². The molecule has 2 aromatic rings. The minimum Gasteiger partial charge on any atom is -0.369 e. The standard InChI is InChI=1S/C14H14N2O/c15-13(17)14-6-9(7-14)12(14)11-5-8-3-1-2-4-10(8)16-11/h1-5,9,12,16H,6-7H2,(H2,15,17). The molecule has 86 valence electrons. The zero-order valence-electron chi connectivity index (χ0n) is 9.44. The lowest BCUT2D eigenvalue weighted by molar-refractivity contribution is -0.173. The number of benzene rings is 1. The molecule has 3 N–H and O–H groups in total. The van der Waals surface area contributed by atoms with Gasteiger partial charge in [-0.2, -0.15) is 0 Å². The number of nitrogens with one attached hydrogen (secondary N) is 1. The van der Waals surface area contributed by atoms with Crippen LogP contribution in [0.3, 0.4) is 0 Å². The SMILES string of the molecule is NC(=O)C12CC(C1)C2c1cc2ccccc2[nH]1. The van der Waals surface area contributed by atoms with Crippen LogP contribution in [0.15, 0.2) is 30.3 Å². The molecule has 2 bridgehead atoms. The fraction of sp³-hybridized carbons (Fsp3) is 0.357. The number of primary amides is 1. The molecule has 3 fully saturated rings. The van der Waals surface area contributed by atoms with Crippen LogP contribution in [0.25, 0.3) is 10.9 Å². The van der Waals surface area contributed by atoms with Crippen LogP contribution in [0.5, 0.6) is 0 Å². The Bertz CT molecular complexity index is 589. The van der Waals surface area contributed by atoms with Gasteiger partial charge in [0.25, 0.3) is 0 Å². The second kappa shape index (κ2) is 2.73. The summed E-state index contributed by atoms with van der Waals surface area (Å²) >= 11 is 0. The molecule has 3 aliphatic rings. The van der Waals surface area contributed by atoms with E-state index < -0.39 is 0 Å². The van der Waals surface area contributed by atoms with Crippen LogP contribution >= 0.6 is 0 Å². The Morgan fingerprint density at radius 1 is 1.35 bits per heavy atom. The summed E-state index contributed by atoms with van der Waals surface area (Å²) in [7, 11) is 0. The highest BCUT2D eigenvalue weighted by atomic mass is 16.1. The average molecular weight is 226 g/mol. The lowest BCUT2D eigenvalue weighted by atomic mass is 9.36. The Kier molecular flexibility index (Phi) is 1.49. The van der Waals surface area contributed by atoms with Crippen LogP contribution in [-0.2, 0) is 4.79 Å². The minimum atomic E-state index is -0.231. The Hall–Kier alpha value is -1.77. The Morgan fingerprint density at radius 3 is 2.71 bits per heavy atom. The summed E-state index contributed by atoms with van der Waals surface area (Å²) < 4.78 is 0. The minimum absolute atomic E-state index is 0.122. The molecule has 1 aromatic heterocycles. The molecule has 1 unspecified atom stereocenters. The number of H-pyrrole nitrogens is 1.